The number of pyridine rings is 1. The summed E-state index contributed by atoms with van der Waals surface area (Å²) in [7, 11) is 1.61. The average molecular weight is 385 g/mol. The van der Waals surface area contributed by atoms with Gasteiger partial charge in [-0.3, -0.25) is 14.2 Å². The number of carbonyl (C=O) groups excluding carboxylic acids is 1. The van der Waals surface area contributed by atoms with E-state index in [-0.39, 0.29) is 23.4 Å². The number of carbonyl (C=O) groups is 1. The Balaban J connectivity index is 2.07. The number of benzene rings is 1. The lowest BCUT2D eigenvalue weighted by Crippen LogP contribution is -2.40. The molecule has 1 aliphatic rings. The van der Waals surface area contributed by atoms with Gasteiger partial charge in [0.2, 0.25) is 5.91 Å². The van der Waals surface area contributed by atoms with Gasteiger partial charge in [0.05, 0.1) is 12.6 Å². The van der Waals surface area contributed by atoms with Crippen molar-refractivity contribution >= 4 is 16.8 Å². The highest BCUT2D eigenvalue weighted by molar-refractivity contribution is 5.84. The van der Waals surface area contributed by atoms with E-state index in [1.54, 1.807) is 11.7 Å². The van der Waals surface area contributed by atoms with Crippen LogP contribution >= 0.6 is 0 Å². The molecule has 1 amide bonds. The molecule has 1 aromatic carbocycles. The molecule has 152 valence electrons. The summed E-state index contributed by atoms with van der Waals surface area (Å²) >= 11 is 0. The molecule has 0 atom stereocenters. The van der Waals surface area contributed by atoms with Crippen molar-refractivity contribution in [1.82, 2.24) is 9.47 Å². The molecule has 0 unspecified atom stereocenters. The van der Waals surface area contributed by atoms with Crippen LogP contribution in [-0.4, -0.2) is 35.6 Å². The molecule has 1 saturated carbocycles. The predicted molar refractivity (Wildman–Crippen MR) is 113 cm³/mol. The summed E-state index contributed by atoms with van der Waals surface area (Å²) < 4.78 is 6.99. The van der Waals surface area contributed by atoms with Gasteiger partial charge in [0.25, 0.3) is 5.56 Å². The second-order valence-electron chi connectivity index (χ2n) is 8.91. The third-order valence-corrected chi connectivity index (χ3v) is 5.43. The molecule has 0 saturated heterocycles. The Labute approximate surface area is 167 Å². The third kappa shape index (κ3) is 4.40. The molecule has 1 aliphatic carbocycles. The van der Waals surface area contributed by atoms with E-state index in [1.807, 2.05) is 49.9 Å². The Kier molecular flexibility index (Phi) is 5.82. The zero-order valence-electron chi connectivity index (χ0n) is 17.7. The lowest BCUT2D eigenvalue weighted by atomic mass is 9.87. The molecule has 0 bridgehead atoms. The molecule has 28 heavy (non-hydrogen) atoms. The molecule has 0 radical (unpaired) electrons. The zero-order valence-corrected chi connectivity index (χ0v) is 17.7. The molecular formula is C23H32N2O3. The highest BCUT2D eigenvalue weighted by Crippen LogP contribution is 2.30. The number of nitrogens with zero attached hydrogens (tertiary/aromatic N) is 2. The zero-order chi connectivity index (χ0) is 20.5. The minimum Gasteiger partial charge on any atom is -0.497 e. The van der Waals surface area contributed by atoms with Gasteiger partial charge in [-0.2, -0.15) is 0 Å². The molecule has 1 fully saturated rings. The molecule has 2 aromatic rings. The van der Waals surface area contributed by atoms with Crippen LogP contribution in [0.2, 0.25) is 0 Å². The smallest absolute Gasteiger partial charge is 0.255 e. The quantitative estimate of drug-likeness (QED) is 0.726. The molecule has 5 nitrogen and oxygen atoms in total. The predicted octanol–water partition coefficient (Wildman–Crippen LogP) is 3.96. The molecule has 5 heteroatoms. The lowest BCUT2D eigenvalue weighted by Gasteiger charge is -2.25. The Hall–Kier alpha value is -2.30. The number of rotatable bonds is 7. The van der Waals surface area contributed by atoms with Gasteiger partial charge in [0, 0.05) is 24.7 Å². The lowest BCUT2D eigenvalue weighted by molar-refractivity contribution is -0.132. The van der Waals surface area contributed by atoms with Crippen molar-refractivity contribution in [1.29, 1.82) is 0 Å². The fraction of sp³-hybridized carbons (Fsp3) is 0.565. The number of amides is 1. The summed E-state index contributed by atoms with van der Waals surface area (Å²) in [6.07, 6.45) is 3.32. The number of hydrogen-bond acceptors (Lipinski definition) is 3. The van der Waals surface area contributed by atoms with Crippen LogP contribution in [0.3, 0.4) is 0 Å². The third-order valence-electron chi connectivity index (χ3n) is 5.43. The van der Waals surface area contributed by atoms with Crippen LogP contribution < -0.4 is 10.3 Å². The molecule has 0 spiro atoms. The van der Waals surface area contributed by atoms with Gasteiger partial charge in [-0.1, -0.05) is 27.7 Å². The molecule has 0 N–H and O–H groups in total. The fourth-order valence-corrected chi connectivity index (χ4v) is 3.61. The summed E-state index contributed by atoms with van der Waals surface area (Å²) in [6, 6.07) is 7.65. The molecule has 1 aromatic heterocycles. The van der Waals surface area contributed by atoms with Crippen LogP contribution in [0.5, 0.6) is 5.75 Å². The van der Waals surface area contributed by atoms with Crippen LogP contribution in [0.25, 0.3) is 10.9 Å². The summed E-state index contributed by atoms with van der Waals surface area (Å²) in [5.41, 5.74) is 1.08. The SMILES string of the molecule is CCCN(CC1CC1)C(=O)Cn1c(=O)c(C(C)(C)C)cc2ccc(OC)cc21. The number of aromatic nitrogens is 1. The van der Waals surface area contributed by atoms with Crippen molar-refractivity contribution in [3.05, 3.63) is 40.2 Å². The van der Waals surface area contributed by atoms with Crippen molar-refractivity contribution in [3.63, 3.8) is 0 Å². The monoisotopic (exact) mass is 384 g/mol. The maximum Gasteiger partial charge on any atom is 0.255 e. The maximum absolute atomic E-state index is 13.3. The van der Waals surface area contributed by atoms with E-state index in [1.165, 1.54) is 12.8 Å². The fourth-order valence-electron chi connectivity index (χ4n) is 3.61. The van der Waals surface area contributed by atoms with Gasteiger partial charge >= 0.3 is 0 Å². The summed E-state index contributed by atoms with van der Waals surface area (Å²) in [6.45, 7) is 9.79. The normalized spacial score (nSPS) is 14.3. The van der Waals surface area contributed by atoms with Gasteiger partial charge in [-0.15, -0.1) is 0 Å². The van der Waals surface area contributed by atoms with Crippen molar-refractivity contribution < 1.29 is 9.53 Å². The first-order valence-corrected chi connectivity index (χ1v) is 10.2. The Bertz CT molecular complexity index is 920. The maximum atomic E-state index is 13.3. The van der Waals surface area contributed by atoms with Crippen LogP contribution in [-0.2, 0) is 16.8 Å². The van der Waals surface area contributed by atoms with Gasteiger partial charge in [0.15, 0.2) is 0 Å². The van der Waals surface area contributed by atoms with Crippen LogP contribution in [0, 0.1) is 5.92 Å². The standard InChI is InChI=1S/C23H32N2O3/c1-6-11-24(14-16-7-8-16)21(26)15-25-20-13-18(28-5)10-9-17(20)12-19(22(25)27)23(2,3)4/h9-10,12-13,16H,6-8,11,14-15H2,1-5H3. The van der Waals surface area contributed by atoms with E-state index in [9.17, 15) is 9.59 Å². The van der Waals surface area contributed by atoms with Gasteiger partial charge < -0.3 is 9.64 Å². The van der Waals surface area contributed by atoms with Gasteiger partial charge in [-0.05, 0) is 54.2 Å². The van der Waals surface area contributed by atoms with Crippen LogP contribution in [0.15, 0.2) is 29.1 Å². The summed E-state index contributed by atoms with van der Waals surface area (Å²) in [5, 5.41) is 0.947. The highest BCUT2D eigenvalue weighted by Gasteiger charge is 2.27. The van der Waals surface area contributed by atoms with E-state index in [2.05, 4.69) is 6.92 Å². The second-order valence-corrected chi connectivity index (χ2v) is 8.91. The number of ether oxygens (including phenoxy) is 1. The minimum atomic E-state index is -0.298. The first-order valence-electron chi connectivity index (χ1n) is 10.2. The van der Waals surface area contributed by atoms with Crippen molar-refractivity contribution in [2.24, 2.45) is 5.92 Å². The van der Waals surface area contributed by atoms with E-state index in [4.69, 9.17) is 4.74 Å². The first-order chi connectivity index (χ1) is 13.2. The van der Waals surface area contributed by atoms with Crippen molar-refractivity contribution in [2.75, 3.05) is 20.2 Å². The second kappa shape index (κ2) is 7.98. The largest absolute Gasteiger partial charge is 0.497 e. The Morgan fingerprint density at radius 1 is 1.25 bits per heavy atom. The van der Waals surface area contributed by atoms with Gasteiger partial charge in [0.1, 0.15) is 12.3 Å². The van der Waals surface area contributed by atoms with E-state index >= 15 is 0 Å². The van der Waals surface area contributed by atoms with E-state index in [0.717, 1.165) is 36.0 Å². The van der Waals surface area contributed by atoms with Crippen LogP contribution in [0.1, 0.15) is 52.5 Å². The topological polar surface area (TPSA) is 51.5 Å². The number of fused-ring (bicyclic) bond motifs is 1. The molecule has 0 aliphatic heterocycles. The van der Waals surface area contributed by atoms with E-state index in [0.29, 0.717) is 11.7 Å². The molecule has 1 heterocycles. The summed E-state index contributed by atoms with van der Waals surface area (Å²) in [5.74, 6) is 1.33. The average Bonchev–Trinajstić information content (AvgIpc) is 3.46. The van der Waals surface area contributed by atoms with Crippen molar-refractivity contribution in [3.8, 4) is 5.75 Å². The van der Waals surface area contributed by atoms with Gasteiger partial charge in [-0.25, -0.2) is 0 Å². The van der Waals surface area contributed by atoms with Crippen LogP contribution in [0.4, 0.5) is 0 Å². The Morgan fingerprint density at radius 2 is 1.96 bits per heavy atom. The Morgan fingerprint density at radius 3 is 2.54 bits per heavy atom. The molecular weight excluding hydrogens is 352 g/mol. The number of methoxy groups -OCH3 is 1. The van der Waals surface area contributed by atoms with Crippen molar-refractivity contribution in [2.45, 2.75) is 58.9 Å². The number of hydrogen-bond donors (Lipinski definition) is 0. The summed E-state index contributed by atoms with van der Waals surface area (Å²) in [4.78, 5) is 28.4. The molecule has 3 rings (SSSR count). The minimum absolute atomic E-state index is 0.0195. The highest BCUT2D eigenvalue weighted by atomic mass is 16.5. The first kappa shape index (κ1) is 20.4. The van der Waals surface area contributed by atoms with E-state index < -0.39 is 0 Å².